The molecule has 28 heavy (non-hydrogen) atoms. The zero-order valence-electron chi connectivity index (χ0n) is 14.9. The molecule has 0 unspecified atom stereocenters. The van der Waals surface area contributed by atoms with Crippen LogP contribution in [0.25, 0.3) is 6.08 Å². The Hall–Kier alpha value is -3.54. The van der Waals surface area contributed by atoms with Crippen LogP contribution in [0.3, 0.4) is 0 Å². The molecule has 0 radical (unpaired) electrons. The summed E-state index contributed by atoms with van der Waals surface area (Å²) < 4.78 is 32.8. The fourth-order valence-electron chi connectivity index (χ4n) is 2.46. The van der Waals surface area contributed by atoms with Crippen molar-refractivity contribution >= 4 is 12.0 Å². The minimum atomic E-state index is -0.721. The minimum absolute atomic E-state index is 0.248. The van der Waals surface area contributed by atoms with Crippen LogP contribution in [-0.4, -0.2) is 10.9 Å². The average Bonchev–Trinajstić information content (AvgIpc) is 2.71. The second kappa shape index (κ2) is 9.41. The predicted molar refractivity (Wildman–Crippen MR) is 102 cm³/mol. The van der Waals surface area contributed by atoms with Gasteiger partial charge in [0.15, 0.2) is 0 Å². The second-order valence-electron chi connectivity index (χ2n) is 5.94. The third-order valence-electron chi connectivity index (χ3n) is 3.88. The molecule has 1 N–H and O–H groups in total. The molecule has 2 aromatic carbocycles. The fraction of sp³-hybridized carbons (Fsp3) is 0.0909. The molecule has 0 aliphatic rings. The molecule has 4 nitrogen and oxygen atoms in total. The Balaban J connectivity index is 1.54. The highest BCUT2D eigenvalue weighted by Gasteiger charge is 2.05. The van der Waals surface area contributed by atoms with Gasteiger partial charge in [0.05, 0.1) is 5.69 Å². The average molecular weight is 380 g/mol. The molecule has 0 aliphatic heterocycles. The summed E-state index contributed by atoms with van der Waals surface area (Å²) in [6, 6.07) is 16.4. The Morgan fingerprint density at radius 3 is 2.57 bits per heavy atom. The van der Waals surface area contributed by atoms with Crippen LogP contribution in [0.15, 0.2) is 72.9 Å². The Morgan fingerprint density at radius 1 is 1.04 bits per heavy atom. The number of aromatic nitrogens is 1. The number of pyridine rings is 1. The largest absolute Gasteiger partial charge is 0.487 e. The van der Waals surface area contributed by atoms with Gasteiger partial charge in [-0.05, 0) is 48.0 Å². The smallest absolute Gasteiger partial charge is 0.244 e. The van der Waals surface area contributed by atoms with Crippen molar-refractivity contribution in [3.05, 3.63) is 101 Å². The van der Waals surface area contributed by atoms with E-state index in [4.69, 9.17) is 4.74 Å². The molecule has 1 amide bonds. The maximum Gasteiger partial charge on any atom is 0.244 e. The van der Waals surface area contributed by atoms with Crippen molar-refractivity contribution in [2.24, 2.45) is 0 Å². The molecular formula is C22H18F2N2O2. The van der Waals surface area contributed by atoms with Crippen LogP contribution in [0, 0.1) is 11.6 Å². The standard InChI is InChI=1S/C22H18F2N2O2/c23-20-8-4-9-21(24)19(20)10-11-22(27)26-14-16-5-3-7-18(13-16)28-15-17-6-1-2-12-25-17/h1-13H,14-15H2,(H,26,27). The first-order valence-corrected chi connectivity index (χ1v) is 8.63. The number of nitrogens with one attached hydrogen (secondary N) is 1. The topological polar surface area (TPSA) is 51.2 Å². The van der Waals surface area contributed by atoms with Gasteiger partial charge in [-0.3, -0.25) is 9.78 Å². The molecule has 3 rings (SSSR count). The number of hydrogen-bond donors (Lipinski definition) is 1. The number of nitrogens with zero attached hydrogens (tertiary/aromatic N) is 1. The highest BCUT2D eigenvalue weighted by molar-refractivity contribution is 5.91. The summed E-state index contributed by atoms with van der Waals surface area (Å²) in [7, 11) is 0. The molecule has 1 heterocycles. The number of amides is 1. The van der Waals surface area contributed by atoms with Gasteiger partial charge in [0.25, 0.3) is 0 Å². The first-order chi connectivity index (χ1) is 13.6. The van der Waals surface area contributed by atoms with E-state index in [1.807, 2.05) is 42.5 Å². The SMILES string of the molecule is O=C(C=Cc1c(F)cccc1F)NCc1cccc(OCc2ccccn2)c1. The summed E-state index contributed by atoms with van der Waals surface area (Å²) in [6.07, 6.45) is 3.92. The van der Waals surface area contributed by atoms with Gasteiger partial charge in [0, 0.05) is 24.4 Å². The monoisotopic (exact) mass is 380 g/mol. The van der Waals surface area contributed by atoms with E-state index >= 15 is 0 Å². The number of hydrogen-bond acceptors (Lipinski definition) is 3. The Labute approximate surface area is 161 Å². The van der Waals surface area contributed by atoms with E-state index in [-0.39, 0.29) is 12.1 Å². The summed E-state index contributed by atoms with van der Waals surface area (Å²) in [5, 5.41) is 2.67. The molecule has 0 saturated heterocycles. The van der Waals surface area contributed by atoms with E-state index in [1.165, 1.54) is 6.07 Å². The van der Waals surface area contributed by atoms with Gasteiger partial charge in [-0.2, -0.15) is 0 Å². The lowest BCUT2D eigenvalue weighted by atomic mass is 10.2. The molecule has 0 aliphatic carbocycles. The molecular weight excluding hydrogens is 362 g/mol. The van der Waals surface area contributed by atoms with Gasteiger partial charge in [-0.25, -0.2) is 8.78 Å². The minimum Gasteiger partial charge on any atom is -0.487 e. The van der Waals surface area contributed by atoms with E-state index in [1.54, 1.807) is 6.20 Å². The van der Waals surface area contributed by atoms with E-state index in [0.29, 0.717) is 12.4 Å². The molecule has 0 spiro atoms. The summed E-state index contributed by atoms with van der Waals surface area (Å²) in [5.74, 6) is -1.24. The Bertz CT molecular complexity index is 955. The van der Waals surface area contributed by atoms with Crippen LogP contribution in [0.2, 0.25) is 0 Å². The van der Waals surface area contributed by atoms with Gasteiger partial charge < -0.3 is 10.1 Å². The molecule has 142 valence electrons. The molecule has 3 aromatic rings. The molecule has 6 heteroatoms. The lowest BCUT2D eigenvalue weighted by molar-refractivity contribution is -0.116. The molecule has 1 aromatic heterocycles. The summed E-state index contributed by atoms with van der Waals surface area (Å²) in [5.41, 5.74) is 1.40. The van der Waals surface area contributed by atoms with Gasteiger partial charge in [0.2, 0.25) is 5.91 Å². The van der Waals surface area contributed by atoms with Crippen LogP contribution in [0.1, 0.15) is 16.8 Å². The van der Waals surface area contributed by atoms with Crippen molar-refractivity contribution in [2.75, 3.05) is 0 Å². The summed E-state index contributed by atoms with van der Waals surface area (Å²) >= 11 is 0. The number of carbonyl (C=O) groups is 1. The van der Waals surface area contributed by atoms with Crippen LogP contribution < -0.4 is 10.1 Å². The van der Waals surface area contributed by atoms with E-state index < -0.39 is 17.5 Å². The molecule has 0 atom stereocenters. The number of halogens is 2. The maximum absolute atomic E-state index is 13.6. The quantitative estimate of drug-likeness (QED) is 0.623. The summed E-state index contributed by atoms with van der Waals surface area (Å²) in [6.45, 7) is 0.595. The van der Waals surface area contributed by atoms with E-state index in [2.05, 4.69) is 10.3 Å². The van der Waals surface area contributed by atoms with Crippen LogP contribution >= 0.6 is 0 Å². The number of ether oxygens (including phenoxy) is 1. The first kappa shape index (κ1) is 19.2. The fourth-order valence-corrected chi connectivity index (χ4v) is 2.46. The van der Waals surface area contributed by atoms with Crippen molar-refractivity contribution in [3.63, 3.8) is 0 Å². The maximum atomic E-state index is 13.6. The number of rotatable bonds is 7. The predicted octanol–water partition coefficient (Wildman–Crippen LogP) is 4.27. The van der Waals surface area contributed by atoms with E-state index in [0.717, 1.165) is 35.5 Å². The molecule has 0 fully saturated rings. The third kappa shape index (κ3) is 5.48. The second-order valence-corrected chi connectivity index (χ2v) is 5.94. The summed E-state index contributed by atoms with van der Waals surface area (Å²) in [4.78, 5) is 16.1. The third-order valence-corrected chi connectivity index (χ3v) is 3.88. The lowest BCUT2D eigenvalue weighted by Gasteiger charge is -2.08. The Kier molecular flexibility index (Phi) is 6.46. The van der Waals surface area contributed by atoms with Crippen LogP contribution in [0.5, 0.6) is 5.75 Å². The zero-order chi connectivity index (χ0) is 19.8. The number of benzene rings is 2. The van der Waals surface area contributed by atoms with Gasteiger partial charge >= 0.3 is 0 Å². The van der Waals surface area contributed by atoms with E-state index in [9.17, 15) is 13.6 Å². The Morgan fingerprint density at radius 2 is 1.82 bits per heavy atom. The first-order valence-electron chi connectivity index (χ1n) is 8.63. The van der Waals surface area contributed by atoms with Gasteiger partial charge in [0.1, 0.15) is 24.0 Å². The van der Waals surface area contributed by atoms with Crippen molar-refractivity contribution in [2.45, 2.75) is 13.2 Å². The molecule has 0 bridgehead atoms. The zero-order valence-corrected chi connectivity index (χ0v) is 14.9. The molecule has 0 saturated carbocycles. The number of carbonyl (C=O) groups excluding carboxylic acids is 1. The van der Waals surface area contributed by atoms with Crippen molar-refractivity contribution in [3.8, 4) is 5.75 Å². The van der Waals surface area contributed by atoms with Gasteiger partial charge in [-0.1, -0.05) is 24.3 Å². The van der Waals surface area contributed by atoms with Crippen molar-refractivity contribution in [1.82, 2.24) is 10.3 Å². The lowest BCUT2D eigenvalue weighted by Crippen LogP contribution is -2.20. The highest BCUT2D eigenvalue weighted by atomic mass is 19.1. The van der Waals surface area contributed by atoms with Crippen LogP contribution in [0.4, 0.5) is 8.78 Å². The normalized spacial score (nSPS) is 10.8. The van der Waals surface area contributed by atoms with Crippen molar-refractivity contribution in [1.29, 1.82) is 0 Å². The van der Waals surface area contributed by atoms with Crippen molar-refractivity contribution < 1.29 is 18.3 Å². The van der Waals surface area contributed by atoms with Gasteiger partial charge in [-0.15, -0.1) is 0 Å². The van der Waals surface area contributed by atoms with Crippen LogP contribution in [-0.2, 0) is 17.9 Å². The highest BCUT2D eigenvalue weighted by Crippen LogP contribution is 2.15.